The molecule has 0 spiro atoms. The number of benzene rings is 2. The molecule has 24 heavy (non-hydrogen) atoms. The summed E-state index contributed by atoms with van der Waals surface area (Å²) >= 11 is 3.36. The molecule has 1 N–H and O–H groups in total. The Balaban J connectivity index is 0.00000208. The number of rotatable bonds is 4. The maximum Gasteiger partial charge on any atom is 0.182 e. The quantitative estimate of drug-likeness (QED) is 0.570. The Hall–Kier alpha value is -1.98. The van der Waals surface area contributed by atoms with Crippen molar-refractivity contribution in [2.24, 2.45) is 0 Å². The smallest absolute Gasteiger partial charge is 0.182 e. The van der Waals surface area contributed by atoms with Crippen molar-refractivity contribution in [2.45, 2.75) is 6.54 Å². The molecule has 0 aliphatic heterocycles. The molecule has 0 fully saturated rings. The first-order valence-electron chi connectivity index (χ1n) is 7.23. The lowest BCUT2D eigenvalue weighted by Gasteiger charge is -2.08. The fourth-order valence-electron chi connectivity index (χ4n) is 2.37. The molecule has 3 rings (SSSR count). The predicted molar refractivity (Wildman–Crippen MR) is 105 cm³/mol. The topological polar surface area (TPSA) is 45.9 Å². The summed E-state index contributed by atoms with van der Waals surface area (Å²) in [5, 5.41) is 7.86. The highest BCUT2D eigenvalue weighted by atomic mass is 79.9. The van der Waals surface area contributed by atoms with Crippen molar-refractivity contribution >= 4 is 38.7 Å². The van der Waals surface area contributed by atoms with E-state index >= 15 is 0 Å². The van der Waals surface area contributed by atoms with Crippen molar-refractivity contribution in [2.75, 3.05) is 0 Å². The first kappa shape index (κ1) is 18.4. The van der Waals surface area contributed by atoms with Gasteiger partial charge in [-0.05, 0) is 39.2 Å². The van der Waals surface area contributed by atoms with Gasteiger partial charge in [0.15, 0.2) is 5.78 Å². The highest BCUT2D eigenvalue weighted by Crippen LogP contribution is 2.19. The van der Waals surface area contributed by atoms with Gasteiger partial charge in [0.05, 0.1) is 6.54 Å². The Labute approximate surface area is 159 Å². The number of nitrogens with zero attached hydrogens (tertiary/aromatic N) is 1. The number of pyridine rings is 1. The van der Waals surface area contributed by atoms with E-state index in [1.54, 1.807) is 22.9 Å². The second kappa shape index (κ2) is 8.22. The number of aromatic nitrogens is 1. The van der Waals surface area contributed by atoms with E-state index in [1.165, 1.54) is 0 Å². The molecule has 3 aromatic rings. The molecule has 5 heteroatoms. The normalized spacial score (nSPS) is 10.0. The summed E-state index contributed by atoms with van der Waals surface area (Å²) in [7, 11) is 0. The molecular weight excluding hydrogens is 432 g/mol. The second-order valence-corrected chi connectivity index (χ2v) is 6.14. The van der Waals surface area contributed by atoms with Crippen LogP contribution in [0.15, 0.2) is 77.4 Å². The van der Waals surface area contributed by atoms with Gasteiger partial charge in [0.25, 0.3) is 0 Å². The van der Waals surface area contributed by atoms with Gasteiger partial charge in [-0.1, -0.05) is 54.6 Å². The fourth-order valence-corrected chi connectivity index (χ4v) is 2.75. The minimum absolute atomic E-state index is 0. The van der Waals surface area contributed by atoms with Gasteiger partial charge in [0, 0.05) is 16.2 Å². The predicted octanol–water partition coefficient (Wildman–Crippen LogP) is 4.86. The monoisotopic (exact) mass is 446 g/mol. The summed E-state index contributed by atoms with van der Waals surface area (Å²) in [4.78, 5) is 12.4. The molecule has 0 saturated carbocycles. The highest BCUT2D eigenvalue weighted by molar-refractivity contribution is 9.10. The molecule has 3 nitrogen and oxygen atoms in total. The van der Waals surface area contributed by atoms with Crippen molar-refractivity contribution < 1.29 is 4.79 Å². The highest BCUT2D eigenvalue weighted by Gasteiger charge is 2.08. The van der Waals surface area contributed by atoms with Gasteiger partial charge in [0.2, 0.25) is 0 Å². The number of carbonyl (C=O) groups excluding carboxylic acids is 1. The molecule has 0 radical (unpaired) electrons. The number of ketones is 1. The van der Waals surface area contributed by atoms with Crippen LogP contribution in [0.4, 0.5) is 0 Å². The van der Waals surface area contributed by atoms with E-state index in [9.17, 15) is 4.79 Å². The van der Waals surface area contributed by atoms with Gasteiger partial charge in [-0.2, -0.15) is 0 Å². The van der Waals surface area contributed by atoms with Crippen LogP contribution in [-0.2, 0) is 6.54 Å². The summed E-state index contributed by atoms with van der Waals surface area (Å²) in [6.07, 6.45) is 1.75. The largest absolute Gasteiger partial charge is 0.325 e. The Morgan fingerprint density at radius 1 is 0.917 bits per heavy atom. The third kappa shape index (κ3) is 4.30. The van der Waals surface area contributed by atoms with Gasteiger partial charge >= 0.3 is 0 Å². The molecule has 1 heterocycles. The van der Waals surface area contributed by atoms with Crippen LogP contribution in [0.2, 0.25) is 0 Å². The zero-order valence-corrected chi connectivity index (χ0v) is 16.1. The van der Waals surface area contributed by atoms with Crippen LogP contribution in [0.1, 0.15) is 10.4 Å². The van der Waals surface area contributed by atoms with Crippen LogP contribution >= 0.6 is 32.9 Å². The Bertz CT molecular complexity index is 887. The number of hydrogen-bond donors (Lipinski definition) is 1. The molecule has 0 amide bonds. The van der Waals surface area contributed by atoms with E-state index in [0.29, 0.717) is 11.1 Å². The lowest BCUT2D eigenvalue weighted by atomic mass is 10.0. The van der Waals surface area contributed by atoms with E-state index in [2.05, 4.69) is 15.9 Å². The van der Waals surface area contributed by atoms with Crippen molar-refractivity contribution in [1.29, 1.82) is 5.41 Å². The number of nitrogens with one attached hydrogen (secondary N) is 1. The molecular formula is C19H16Br2N2O. The van der Waals surface area contributed by atoms with E-state index in [-0.39, 0.29) is 29.3 Å². The summed E-state index contributed by atoms with van der Waals surface area (Å²) in [6, 6.07) is 21.1. The van der Waals surface area contributed by atoms with Crippen molar-refractivity contribution in [3.8, 4) is 11.1 Å². The molecule has 0 saturated heterocycles. The number of carbonyl (C=O) groups is 1. The SMILES string of the molecule is Br.N=c1ccc(Br)cn1CC(=O)c1ccc(-c2ccccc2)cc1. The molecule has 0 aliphatic carbocycles. The number of hydrogen-bond acceptors (Lipinski definition) is 2. The Morgan fingerprint density at radius 3 is 2.21 bits per heavy atom. The summed E-state index contributed by atoms with van der Waals surface area (Å²) in [6.45, 7) is 0.156. The maximum absolute atomic E-state index is 12.4. The number of Topliss-reactive ketones (excluding diaryl/α,β-unsaturated/α-hetero) is 1. The van der Waals surface area contributed by atoms with Gasteiger partial charge in [-0.25, -0.2) is 0 Å². The average molecular weight is 448 g/mol. The van der Waals surface area contributed by atoms with Crippen LogP contribution < -0.4 is 5.49 Å². The first-order chi connectivity index (χ1) is 11.1. The molecule has 0 unspecified atom stereocenters. The maximum atomic E-state index is 12.4. The van der Waals surface area contributed by atoms with Crippen molar-refractivity contribution in [1.82, 2.24) is 4.57 Å². The summed E-state index contributed by atoms with van der Waals surface area (Å²) < 4.78 is 2.47. The van der Waals surface area contributed by atoms with Gasteiger partial charge in [0.1, 0.15) is 5.49 Å². The van der Waals surface area contributed by atoms with Crippen molar-refractivity contribution in [3.05, 3.63) is 88.5 Å². The van der Waals surface area contributed by atoms with Crippen LogP contribution in [0, 0.1) is 5.41 Å². The molecule has 2 aromatic carbocycles. The summed E-state index contributed by atoms with van der Waals surface area (Å²) in [5.74, 6) is -0.0128. The lowest BCUT2D eigenvalue weighted by molar-refractivity contribution is 0.0970. The first-order valence-corrected chi connectivity index (χ1v) is 8.02. The lowest BCUT2D eigenvalue weighted by Crippen LogP contribution is -2.23. The van der Waals surface area contributed by atoms with Gasteiger partial charge < -0.3 is 4.57 Å². The molecule has 122 valence electrons. The van der Waals surface area contributed by atoms with E-state index in [1.807, 2.05) is 54.6 Å². The molecule has 0 bridgehead atoms. The Kier molecular flexibility index (Phi) is 6.29. The third-order valence-corrected chi connectivity index (χ3v) is 4.09. The van der Waals surface area contributed by atoms with Crippen LogP contribution in [-0.4, -0.2) is 10.4 Å². The summed E-state index contributed by atoms with van der Waals surface area (Å²) in [5.41, 5.74) is 3.17. The minimum atomic E-state index is -0.0128. The van der Waals surface area contributed by atoms with Crippen molar-refractivity contribution in [3.63, 3.8) is 0 Å². The van der Waals surface area contributed by atoms with Crippen LogP contribution in [0.25, 0.3) is 11.1 Å². The number of halogens is 2. The minimum Gasteiger partial charge on any atom is -0.325 e. The average Bonchev–Trinajstić information content (AvgIpc) is 2.59. The zero-order chi connectivity index (χ0) is 16.2. The van der Waals surface area contributed by atoms with E-state index in [4.69, 9.17) is 5.41 Å². The van der Waals surface area contributed by atoms with E-state index in [0.717, 1.165) is 15.6 Å². The third-order valence-electron chi connectivity index (χ3n) is 3.62. The zero-order valence-electron chi connectivity index (χ0n) is 12.8. The van der Waals surface area contributed by atoms with E-state index < -0.39 is 0 Å². The van der Waals surface area contributed by atoms with Gasteiger partial charge in [-0.3, -0.25) is 10.2 Å². The van der Waals surface area contributed by atoms with Crippen LogP contribution in [0.5, 0.6) is 0 Å². The second-order valence-electron chi connectivity index (χ2n) is 5.23. The molecule has 0 atom stereocenters. The fraction of sp³-hybridized carbons (Fsp3) is 0.0526. The standard InChI is InChI=1S/C19H15BrN2O.BrH/c20-17-10-11-19(21)22(12-17)13-18(23)16-8-6-15(7-9-16)14-4-2-1-3-5-14;/h1-12,21H,13H2;1H. The molecule has 1 aromatic heterocycles. The Morgan fingerprint density at radius 2 is 1.54 bits per heavy atom. The molecule has 0 aliphatic rings. The van der Waals surface area contributed by atoms with Crippen LogP contribution in [0.3, 0.4) is 0 Å². The van der Waals surface area contributed by atoms with Gasteiger partial charge in [-0.15, -0.1) is 17.0 Å².